The summed E-state index contributed by atoms with van der Waals surface area (Å²) in [4.78, 5) is 0. The van der Waals surface area contributed by atoms with Crippen molar-refractivity contribution < 1.29 is 9.47 Å². The topological polar surface area (TPSA) is 44.5 Å². The van der Waals surface area contributed by atoms with Crippen LogP contribution in [0.2, 0.25) is 0 Å². The first kappa shape index (κ1) is 8.84. The molecule has 13 heavy (non-hydrogen) atoms. The van der Waals surface area contributed by atoms with Crippen LogP contribution in [-0.4, -0.2) is 6.79 Å². The third-order valence-corrected chi connectivity index (χ3v) is 3.01. The summed E-state index contributed by atoms with van der Waals surface area (Å²) in [5, 5.41) is 0. The molecule has 70 valence electrons. The number of benzene rings is 1. The van der Waals surface area contributed by atoms with Crippen LogP contribution in [0.15, 0.2) is 10.5 Å². The highest BCUT2D eigenvalue weighted by Gasteiger charge is 2.20. The Bertz CT molecular complexity index is 352. The quantitative estimate of drug-likeness (QED) is 0.821. The lowest BCUT2D eigenvalue weighted by Gasteiger charge is -2.08. The minimum atomic E-state index is 0.290. The lowest BCUT2D eigenvalue weighted by atomic mass is 10.1. The maximum absolute atomic E-state index is 5.64. The van der Waals surface area contributed by atoms with Gasteiger partial charge in [-0.3, -0.25) is 0 Å². The molecule has 0 amide bonds. The molecular weight excluding hydrogens is 234 g/mol. The van der Waals surface area contributed by atoms with E-state index in [0.29, 0.717) is 6.54 Å². The van der Waals surface area contributed by atoms with Crippen LogP contribution in [0.4, 0.5) is 0 Å². The van der Waals surface area contributed by atoms with E-state index >= 15 is 0 Å². The van der Waals surface area contributed by atoms with Gasteiger partial charge in [0.05, 0.1) is 0 Å². The molecule has 3 nitrogen and oxygen atoms in total. The van der Waals surface area contributed by atoms with Gasteiger partial charge in [-0.05, 0) is 18.6 Å². The first-order valence-electron chi connectivity index (χ1n) is 4.01. The number of ether oxygens (including phenoxy) is 2. The molecule has 0 spiro atoms. The van der Waals surface area contributed by atoms with E-state index < -0.39 is 0 Å². The van der Waals surface area contributed by atoms with Crippen LogP contribution >= 0.6 is 15.9 Å². The number of hydrogen-bond donors (Lipinski definition) is 1. The molecule has 1 aromatic carbocycles. The summed E-state index contributed by atoms with van der Waals surface area (Å²) < 4.78 is 11.6. The molecule has 0 unspecified atom stereocenters. The average Bonchev–Trinajstić information content (AvgIpc) is 2.54. The summed E-state index contributed by atoms with van der Waals surface area (Å²) in [5.41, 5.74) is 7.77. The molecule has 0 saturated carbocycles. The molecule has 0 bridgehead atoms. The van der Waals surface area contributed by atoms with E-state index in [2.05, 4.69) is 15.9 Å². The molecule has 0 atom stereocenters. The number of halogens is 1. The molecule has 0 aromatic heterocycles. The summed E-state index contributed by atoms with van der Waals surface area (Å²) in [6, 6.07) is 1.91. The van der Waals surface area contributed by atoms with Crippen LogP contribution in [0.5, 0.6) is 11.5 Å². The van der Waals surface area contributed by atoms with Crippen LogP contribution in [0.25, 0.3) is 0 Å². The Balaban J connectivity index is 2.64. The molecule has 1 aliphatic heterocycles. The van der Waals surface area contributed by atoms with Crippen LogP contribution in [-0.2, 0) is 6.54 Å². The third-order valence-electron chi connectivity index (χ3n) is 2.19. The van der Waals surface area contributed by atoms with Gasteiger partial charge in [0.2, 0.25) is 6.79 Å². The van der Waals surface area contributed by atoms with E-state index in [-0.39, 0.29) is 6.79 Å². The monoisotopic (exact) mass is 243 g/mol. The predicted molar refractivity (Wildman–Crippen MR) is 52.9 cm³/mol. The summed E-state index contributed by atoms with van der Waals surface area (Å²) in [5.74, 6) is 1.57. The molecule has 1 aromatic rings. The summed E-state index contributed by atoms with van der Waals surface area (Å²) in [7, 11) is 0. The van der Waals surface area contributed by atoms with Crippen molar-refractivity contribution in [2.45, 2.75) is 13.5 Å². The molecule has 0 radical (unpaired) electrons. The Morgan fingerprint density at radius 1 is 1.54 bits per heavy atom. The minimum Gasteiger partial charge on any atom is -0.454 e. The van der Waals surface area contributed by atoms with E-state index in [1.807, 2.05) is 13.0 Å². The minimum absolute atomic E-state index is 0.290. The van der Waals surface area contributed by atoms with Crippen molar-refractivity contribution in [1.29, 1.82) is 0 Å². The molecule has 4 heteroatoms. The number of rotatable bonds is 1. The van der Waals surface area contributed by atoms with Crippen molar-refractivity contribution in [3.05, 3.63) is 21.7 Å². The predicted octanol–water partition coefficient (Wildman–Crippen LogP) is 1.94. The van der Waals surface area contributed by atoms with Gasteiger partial charge in [-0.25, -0.2) is 0 Å². The summed E-state index contributed by atoms with van der Waals surface area (Å²) in [6.45, 7) is 2.77. The Morgan fingerprint density at radius 3 is 3.00 bits per heavy atom. The molecule has 0 saturated heterocycles. The Hall–Kier alpha value is -0.740. The van der Waals surface area contributed by atoms with Gasteiger partial charge in [0.25, 0.3) is 0 Å². The lowest BCUT2D eigenvalue weighted by Crippen LogP contribution is -2.02. The third kappa shape index (κ3) is 1.30. The normalized spacial score (nSPS) is 13.5. The van der Waals surface area contributed by atoms with E-state index in [4.69, 9.17) is 15.2 Å². The average molecular weight is 244 g/mol. The summed E-state index contributed by atoms with van der Waals surface area (Å²) >= 11 is 3.45. The van der Waals surface area contributed by atoms with E-state index in [1.54, 1.807) is 0 Å². The van der Waals surface area contributed by atoms with Crippen molar-refractivity contribution >= 4 is 15.9 Å². The number of nitrogens with two attached hydrogens (primary N) is 1. The molecule has 0 fully saturated rings. The molecule has 0 aliphatic carbocycles. The SMILES string of the molecule is Cc1c(Br)cc2c(c1CN)OCO2. The second-order valence-corrected chi connectivity index (χ2v) is 3.75. The smallest absolute Gasteiger partial charge is 0.231 e. The van der Waals surface area contributed by atoms with Gasteiger partial charge < -0.3 is 15.2 Å². The highest BCUT2D eigenvalue weighted by molar-refractivity contribution is 9.10. The van der Waals surface area contributed by atoms with E-state index in [9.17, 15) is 0 Å². The first-order chi connectivity index (χ1) is 6.24. The molecule has 2 rings (SSSR count). The molecule has 1 aliphatic rings. The van der Waals surface area contributed by atoms with Crippen LogP contribution in [0.1, 0.15) is 11.1 Å². The van der Waals surface area contributed by atoms with Gasteiger partial charge >= 0.3 is 0 Å². The largest absolute Gasteiger partial charge is 0.454 e. The second-order valence-electron chi connectivity index (χ2n) is 2.90. The van der Waals surface area contributed by atoms with Gasteiger partial charge in [-0.2, -0.15) is 0 Å². The van der Waals surface area contributed by atoms with Crippen LogP contribution in [0.3, 0.4) is 0 Å². The standard InChI is InChI=1S/C9H10BrNO2/c1-5-6(3-11)9-8(2-7(5)10)12-4-13-9/h2H,3-4,11H2,1H3. The van der Waals surface area contributed by atoms with Gasteiger partial charge in [-0.1, -0.05) is 15.9 Å². The summed E-state index contributed by atoms with van der Waals surface area (Å²) in [6.07, 6.45) is 0. The highest BCUT2D eigenvalue weighted by Crippen LogP contribution is 2.40. The van der Waals surface area contributed by atoms with Gasteiger partial charge in [0.15, 0.2) is 11.5 Å². The van der Waals surface area contributed by atoms with E-state index in [1.165, 1.54) is 0 Å². The Labute approximate surface area is 85.0 Å². The van der Waals surface area contributed by atoms with Crippen molar-refractivity contribution in [1.82, 2.24) is 0 Å². The zero-order chi connectivity index (χ0) is 9.42. The Kier molecular flexibility index (Phi) is 2.17. The maximum atomic E-state index is 5.64. The zero-order valence-electron chi connectivity index (χ0n) is 7.26. The number of fused-ring (bicyclic) bond motifs is 1. The van der Waals surface area contributed by atoms with Gasteiger partial charge in [-0.15, -0.1) is 0 Å². The first-order valence-corrected chi connectivity index (χ1v) is 4.81. The zero-order valence-corrected chi connectivity index (χ0v) is 8.85. The van der Waals surface area contributed by atoms with Crippen LogP contribution < -0.4 is 15.2 Å². The lowest BCUT2D eigenvalue weighted by molar-refractivity contribution is 0.173. The Morgan fingerprint density at radius 2 is 2.31 bits per heavy atom. The molecular formula is C9H10BrNO2. The van der Waals surface area contributed by atoms with Crippen molar-refractivity contribution in [2.24, 2.45) is 5.73 Å². The molecule has 2 N–H and O–H groups in total. The van der Waals surface area contributed by atoms with Crippen molar-refractivity contribution in [3.63, 3.8) is 0 Å². The fourth-order valence-corrected chi connectivity index (χ4v) is 1.86. The van der Waals surface area contributed by atoms with E-state index in [0.717, 1.165) is 27.1 Å². The number of hydrogen-bond acceptors (Lipinski definition) is 3. The molecule has 1 heterocycles. The fourth-order valence-electron chi connectivity index (χ4n) is 1.42. The van der Waals surface area contributed by atoms with Gasteiger partial charge in [0, 0.05) is 16.6 Å². The second kappa shape index (κ2) is 3.20. The van der Waals surface area contributed by atoms with Crippen molar-refractivity contribution in [3.8, 4) is 11.5 Å². The van der Waals surface area contributed by atoms with Gasteiger partial charge in [0.1, 0.15) is 0 Å². The van der Waals surface area contributed by atoms with Crippen LogP contribution in [0, 0.1) is 6.92 Å². The highest BCUT2D eigenvalue weighted by atomic mass is 79.9. The maximum Gasteiger partial charge on any atom is 0.231 e. The fraction of sp³-hybridized carbons (Fsp3) is 0.333. The van der Waals surface area contributed by atoms with Crippen molar-refractivity contribution in [2.75, 3.05) is 6.79 Å².